The minimum Gasteiger partial charge on any atom is -0.381 e. The number of nitrogens with one attached hydrogen (secondary N) is 2. The zero-order valence-electron chi connectivity index (χ0n) is 20.2. The molecule has 3 aromatic rings. The lowest BCUT2D eigenvalue weighted by Crippen LogP contribution is -2.44. The first kappa shape index (κ1) is 23.7. The van der Waals surface area contributed by atoms with Crippen LogP contribution in [0.2, 0.25) is 0 Å². The fourth-order valence-corrected chi connectivity index (χ4v) is 4.46. The number of carbonyl (C=O) groups is 1. The molecule has 0 saturated carbocycles. The van der Waals surface area contributed by atoms with E-state index in [0.717, 1.165) is 41.5 Å². The van der Waals surface area contributed by atoms with Crippen LogP contribution in [0.4, 0.5) is 23.1 Å². The summed E-state index contributed by atoms with van der Waals surface area (Å²) in [5, 5.41) is 6.42. The molecule has 2 heterocycles. The molecule has 7 heteroatoms. The van der Waals surface area contributed by atoms with Crippen LogP contribution >= 0.6 is 0 Å². The Bertz CT molecular complexity index is 1090. The van der Waals surface area contributed by atoms with Crippen LogP contribution in [0, 0.1) is 6.92 Å². The van der Waals surface area contributed by atoms with E-state index in [-0.39, 0.29) is 5.91 Å². The summed E-state index contributed by atoms with van der Waals surface area (Å²) in [6, 6.07) is 19.7. The van der Waals surface area contributed by atoms with Gasteiger partial charge in [-0.05, 0) is 63.4 Å². The highest BCUT2D eigenvalue weighted by Gasteiger charge is 2.41. The largest absolute Gasteiger partial charge is 0.381 e. The Labute approximate surface area is 201 Å². The highest BCUT2D eigenvalue weighted by molar-refractivity contribution is 5.99. The third-order valence-corrected chi connectivity index (χ3v) is 6.43. The highest BCUT2D eigenvalue weighted by Crippen LogP contribution is 2.36. The molecule has 34 heavy (non-hydrogen) atoms. The van der Waals surface area contributed by atoms with Crippen LogP contribution in [0.15, 0.2) is 60.7 Å². The number of carbonyl (C=O) groups excluding carboxylic acids is 1. The summed E-state index contributed by atoms with van der Waals surface area (Å²) in [6.45, 7) is 9.13. The van der Waals surface area contributed by atoms with E-state index in [1.54, 1.807) is 0 Å². The van der Waals surface area contributed by atoms with Crippen LogP contribution < -0.4 is 15.5 Å². The maximum absolute atomic E-state index is 13.5. The average Bonchev–Trinajstić information content (AvgIpc) is 2.86. The lowest BCUT2D eigenvalue weighted by atomic mass is 9.73. The zero-order valence-corrected chi connectivity index (χ0v) is 20.2. The van der Waals surface area contributed by atoms with E-state index >= 15 is 0 Å². The fraction of sp³-hybridized carbons (Fsp3) is 0.370. The Morgan fingerprint density at radius 1 is 0.971 bits per heavy atom. The molecule has 2 aromatic carbocycles. The van der Waals surface area contributed by atoms with E-state index in [2.05, 4.69) is 39.3 Å². The lowest BCUT2D eigenvalue weighted by Gasteiger charge is -2.36. The van der Waals surface area contributed by atoms with Gasteiger partial charge in [0.25, 0.3) is 0 Å². The maximum Gasteiger partial charge on any atom is 0.235 e. The molecule has 1 fully saturated rings. The van der Waals surface area contributed by atoms with Crippen molar-refractivity contribution in [3.05, 3.63) is 71.9 Å². The van der Waals surface area contributed by atoms with E-state index in [0.29, 0.717) is 32.0 Å². The Morgan fingerprint density at radius 3 is 2.26 bits per heavy atom. The molecule has 1 amide bonds. The number of hydrogen-bond donors (Lipinski definition) is 2. The maximum atomic E-state index is 13.5. The van der Waals surface area contributed by atoms with Crippen molar-refractivity contribution in [3.63, 3.8) is 0 Å². The summed E-state index contributed by atoms with van der Waals surface area (Å²) in [5.74, 6) is 1.48. The second-order valence-corrected chi connectivity index (χ2v) is 8.58. The van der Waals surface area contributed by atoms with E-state index in [9.17, 15) is 4.79 Å². The Morgan fingerprint density at radius 2 is 1.62 bits per heavy atom. The molecular weight excluding hydrogens is 426 g/mol. The van der Waals surface area contributed by atoms with Gasteiger partial charge in [0, 0.05) is 49.4 Å². The van der Waals surface area contributed by atoms with Crippen LogP contribution in [-0.2, 0) is 14.9 Å². The minimum absolute atomic E-state index is 0.00795. The third-order valence-electron chi connectivity index (χ3n) is 6.43. The van der Waals surface area contributed by atoms with Gasteiger partial charge in [0.1, 0.15) is 5.82 Å². The second kappa shape index (κ2) is 10.7. The molecule has 178 valence electrons. The molecule has 4 rings (SSSR count). The van der Waals surface area contributed by atoms with Gasteiger partial charge in [-0.15, -0.1) is 0 Å². The highest BCUT2D eigenvalue weighted by atomic mass is 16.5. The van der Waals surface area contributed by atoms with Crippen molar-refractivity contribution < 1.29 is 9.53 Å². The number of amides is 1. The standard InChI is InChI=1S/C27H33N5O2/c1-4-32(5-2)24-19-20(3)28-26(31-24)30-23-13-11-22(12-14-23)29-25(33)27(15-17-34-18-16-27)21-9-7-6-8-10-21/h6-14,19H,4-5,15-18H2,1-3H3,(H,29,33)(H,28,30,31). The van der Waals surface area contributed by atoms with Gasteiger partial charge in [0.2, 0.25) is 11.9 Å². The molecule has 0 unspecified atom stereocenters. The van der Waals surface area contributed by atoms with Gasteiger partial charge in [0.15, 0.2) is 0 Å². The number of ether oxygens (including phenoxy) is 1. The first-order chi connectivity index (χ1) is 16.5. The number of rotatable bonds is 8. The van der Waals surface area contributed by atoms with Crippen LogP contribution in [0.5, 0.6) is 0 Å². The molecule has 1 aliphatic heterocycles. The first-order valence-electron chi connectivity index (χ1n) is 12.0. The van der Waals surface area contributed by atoms with Gasteiger partial charge in [-0.3, -0.25) is 4.79 Å². The molecule has 1 aromatic heterocycles. The number of benzene rings is 2. The van der Waals surface area contributed by atoms with E-state index in [1.165, 1.54) is 0 Å². The van der Waals surface area contributed by atoms with E-state index in [1.807, 2.05) is 67.6 Å². The molecule has 0 bridgehead atoms. The van der Waals surface area contributed by atoms with Crippen LogP contribution in [0.1, 0.15) is 37.9 Å². The summed E-state index contributed by atoms with van der Waals surface area (Å²) in [5.41, 5.74) is 2.98. The van der Waals surface area contributed by atoms with Gasteiger partial charge >= 0.3 is 0 Å². The van der Waals surface area contributed by atoms with Crippen molar-refractivity contribution in [2.24, 2.45) is 0 Å². The normalized spacial score (nSPS) is 14.9. The summed E-state index contributed by atoms with van der Waals surface area (Å²) in [4.78, 5) is 24.8. The monoisotopic (exact) mass is 459 g/mol. The Kier molecular flexibility index (Phi) is 7.43. The van der Waals surface area contributed by atoms with Crippen molar-refractivity contribution in [3.8, 4) is 0 Å². The van der Waals surface area contributed by atoms with E-state index < -0.39 is 5.41 Å². The molecule has 2 N–H and O–H groups in total. The van der Waals surface area contributed by atoms with Crippen LogP contribution in [0.3, 0.4) is 0 Å². The van der Waals surface area contributed by atoms with Crippen molar-refractivity contribution in [1.29, 1.82) is 0 Å². The molecule has 0 radical (unpaired) electrons. The Hall–Kier alpha value is -3.45. The van der Waals surface area contributed by atoms with Gasteiger partial charge in [-0.1, -0.05) is 30.3 Å². The predicted molar refractivity (Wildman–Crippen MR) is 137 cm³/mol. The van der Waals surface area contributed by atoms with Gasteiger partial charge < -0.3 is 20.3 Å². The quantitative estimate of drug-likeness (QED) is 0.490. The Balaban J connectivity index is 1.48. The van der Waals surface area contributed by atoms with E-state index in [4.69, 9.17) is 4.74 Å². The van der Waals surface area contributed by atoms with Crippen molar-refractivity contribution in [2.75, 3.05) is 41.8 Å². The molecule has 0 atom stereocenters. The average molecular weight is 460 g/mol. The number of aryl methyl sites for hydroxylation is 1. The topological polar surface area (TPSA) is 79.4 Å². The molecule has 1 aliphatic rings. The summed E-state index contributed by atoms with van der Waals surface area (Å²) in [6.07, 6.45) is 1.34. The first-order valence-corrected chi connectivity index (χ1v) is 12.0. The van der Waals surface area contributed by atoms with Gasteiger partial charge in [-0.2, -0.15) is 4.98 Å². The molecule has 0 spiro atoms. The molecule has 0 aliphatic carbocycles. The zero-order chi connectivity index (χ0) is 24.0. The minimum atomic E-state index is -0.577. The smallest absolute Gasteiger partial charge is 0.235 e. The van der Waals surface area contributed by atoms with Crippen molar-refractivity contribution in [2.45, 2.75) is 39.0 Å². The summed E-state index contributed by atoms with van der Waals surface area (Å²) >= 11 is 0. The summed E-state index contributed by atoms with van der Waals surface area (Å²) in [7, 11) is 0. The molecule has 7 nitrogen and oxygen atoms in total. The number of hydrogen-bond acceptors (Lipinski definition) is 6. The predicted octanol–water partition coefficient (Wildman–Crippen LogP) is 5.06. The van der Waals surface area contributed by atoms with Crippen LogP contribution in [-0.4, -0.2) is 42.2 Å². The second-order valence-electron chi connectivity index (χ2n) is 8.58. The SMILES string of the molecule is CCN(CC)c1cc(C)nc(Nc2ccc(NC(=O)C3(c4ccccc4)CCOCC3)cc2)n1. The van der Waals surface area contributed by atoms with Gasteiger partial charge in [-0.25, -0.2) is 4.98 Å². The van der Waals surface area contributed by atoms with Crippen LogP contribution in [0.25, 0.3) is 0 Å². The number of anilines is 4. The summed E-state index contributed by atoms with van der Waals surface area (Å²) < 4.78 is 5.56. The van der Waals surface area contributed by atoms with Gasteiger partial charge in [0.05, 0.1) is 5.41 Å². The fourth-order valence-electron chi connectivity index (χ4n) is 4.46. The molecule has 1 saturated heterocycles. The molecular formula is C27H33N5O2. The van der Waals surface area contributed by atoms with Crippen molar-refractivity contribution >= 4 is 29.0 Å². The lowest BCUT2D eigenvalue weighted by molar-refractivity contribution is -0.125. The number of aromatic nitrogens is 2. The number of nitrogens with zero attached hydrogens (tertiary/aromatic N) is 3. The third kappa shape index (κ3) is 5.20. The van der Waals surface area contributed by atoms with Crippen molar-refractivity contribution in [1.82, 2.24) is 9.97 Å².